The van der Waals surface area contributed by atoms with E-state index in [1.807, 2.05) is 13.8 Å². The van der Waals surface area contributed by atoms with Gasteiger partial charge in [0.1, 0.15) is 6.04 Å². The quantitative estimate of drug-likeness (QED) is 0.663. The summed E-state index contributed by atoms with van der Waals surface area (Å²) in [5, 5.41) is 8.79. The minimum absolute atomic E-state index is 0.0428. The van der Waals surface area contributed by atoms with E-state index >= 15 is 0 Å². The van der Waals surface area contributed by atoms with Crippen LogP contribution in [0.1, 0.15) is 20.8 Å². The molecule has 0 bridgehead atoms. The number of nitrogens with zero attached hydrogens (tertiary/aromatic N) is 2. The van der Waals surface area contributed by atoms with Crippen LogP contribution in [0.2, 0.25) is 0 Å². The zero-order chi connectivity index (χ0) is 12.5. The summed E-state index contributed by atoms with van der Waals surface area (Å²) < 4.78 is 0. The summed E-state index contributed by atoms with van der Waals surface area (Å²) in [7, 11) is 0. The number of carboxylic acid groups (broad SMARTS) is 1. The average Bonchev–Trinajstić information content (AvgIpc) is 2.20. The van der Waals surface area contributed by atoms with E-state index in [2.05, 4.69) is 0 Å². The van der Waals surface area contributed by atoms with Crippen LogP contribution in [-0.2, 0) is 14.4 Å². The number of rotatable bonds is 3. The van der Waals surface area contributed by atoms with Crippen molar-refractivity contribution >= 4 is 17.8 Å². The van der Waals surface area contributed by atoms with Crippen LogP contribution < -0.4 is 0 Å². The van der Waals surface area contributed by atoms with E-state index in [0.29, 0.717) is 6.54 Å². The Morgan fingerprint density at radius 1 is 1.12 bits per heavy atom. The Kier molecular flexibility index (Phi) is 3.51. The van der Waals surface area contributed by atoms with Crippen molar-refractivity contribution in [1.29, 1.82) is 0 Å². The molecule has 1 rings (SSSR count). The highest BCUT2D eigenvalue weighted by atomic mass is 16.4. The molecule has 1 N–H and O–H groups in total. The highest BCUT2D eigenvalue weighted by molar-refractivity contribution is 6.35. The number of carbonyl (C=O) groups is 3. The molecule has 2 amide bonds. The minimum Gasteiger partial charge on any atom is -0.480 e. The predicted molar refractivity (Wildman–Crippen MR) is 55.7 cm³/mol. The molecule has 0 unspecified atom stereocenters. The van der Waals surface area contributed by atoms with Gasteiger partial charge in [0.05, 0.1) is 0 Å². The minimum atomic E-state index is -1.10. The van der Waals surface area contributed by atoms with Gasteiger partial charge >= 0.3 is 17.8 Å². The molecule has 0 saturated carbocycles. The van der Waals surface area contributed by atoms with E-state index < -0.39 is 23.8 Å². The van der Waals surface area contributed by atoms with E-state index in [4.69, 9.17) is 5.11 Å². The Labute approximate surface area is 93.8 Å². The second-order valence-corrected chi connectivity index (χ2v) is 4.11. The van der Waals surface area contributed by atoms with Gasteiger partial charge in [-0.1, -0.05) is 0 Å². The van der Waals surface area contributed by atoms with E-state index in [0.717, 1.165) is 4.90 Å². The zero-order valence-electron chi connectivity index (χ0n) is 9.64. The fourth-order valence-corrected chi connectivity index (χ4v) is 1.66. The second-order valence-electron chi connectivity index (χ2n) is 4.11. The van der Waals surface area contributed by atoms with Crippen molar-refractivity contribution in [3.63, 3.8) is 0 Å². The molecule has 1 heterocycles. The summed E-state index contributed by atoms with van der Waals surface area (Å²) in [5.74, 6) is -2.44. The van der Waals surface area contributed by atoms with Crippen LogP contribution in [-0.4, -0.2) is 57.9 Å². The molecular formula is C10H16N2O4. The number of aliphatic carboxylic acids is 1. The molecule has 90 valence electrons. The van der Waals surface area contributed by atoms with E-state index in [1.54, 1.807) is 0 Å². The highest BCUT2D eigenvalue weighted by Gasteiger charge is 2.37. The number of hydrogen-bond acceptors (Lipinski definition) is 3. The highest BCUT2D eigenvalue weighted by Crippen LogP contribution is 2.11. The molecule has 0 spiro atoms. The van der Waals surface area contributed by atoms with Crippen molar-refractivity contribution in [2.75, 3.05) is 13.1 Å². The Morgan fingerprint density at radius 2 is 1.56 bits per heavy atom. The van der Waals surface area contributed by atoms with Crippen LogP contribution in [0.15, 0.2) is 0 Å². The van der Waals surface area contributed by atoms with Gasteiger partial charge in [-0.25, -0.2) is 4.79 Å². The first-order valence-electron chi connectivity index (χ1n) is 5.20. The van der Waals surface area contributed by atoms with Gasteiger partial charge in [0.2, 0.25) is 0 Å². The maximum atomic E-state index is 11.7. The lowest BCUT2D eigenvalue weighted by Gasteiger charge is -2.37. The Bertz CT molecular complexity index is 327. The Hall–Kier alpha value is -1.59. The van der Waals surface area contributed by atoms with Crippen molar-refractivity contribution in [2.45, 2.75) is 32.9 Å². The largest absolute Gasteiger partial charge is 0.480 e. The normalized spacial score (nSPS) is 19.2. The summed E-state index contributed by atoms with van der Waals surface area (Å²) >= 11 is 0. The average molecular weight is 228 g/mol. The third-order valence-electron chi connectivity index (χ3n) is 2.73. The molecule has 0 aliphatic carbocycles. The van der Waals surface area contributed by atoms with Crippen molar-refractivity contribution in [3.8, 4) is 0 Å². The Morgan fingerprint density at radius 3 is 2.00 bits per heavy atom. The summed E-state index contributed by atoms with van der Waals surface area (Å²) in [6.45, 7) is 5.71. The van der Waals surface area contributed by atoms with Crippen molar-refractivity contribution in [3.05, 3.63) is 0 Å². The molecule has 0 aromatic rings. The van der Waals surface area contributed by atoms with E-state index in [1.165, 1.54) is 11.8 Å². The van der Waals surface area contributed by atoms with Gasteiger partial charge in [0.15, 0.2) is 0 Å². The monoisotopic (exact) mass is 228 g/mol. The molecule has 6 nitrogen and oxygen atoms in total. The molecule has 6 heteroatoms. The number of hydrogen-bond donors (Lipinski definition) is 1. The van der Waals surface area contributed by atoms with Gasteiger partial charge in [0.25, 0.3) is 0 Å². The third kappa shape index (κ3) is 2.15. The molecular weight excluding hydrogens is 212 g/mol. The molecule has 1 fully saturated rings. The summed E-state index contributed by atoms with van der Waals surface area (Å²) in [5.41, 5.74) is 0. The number of piperazine rings is 1. The van der Waals surface area contributed by atoms with Gasteiger partial charge in [0, 0.05) is 19.1 Å². The summed E-state index contributed by atoms with van der Waals surface area (Å²) in [6.07, 6.45) is 0. The molecule has 1 aliphatic heterocycles. The smallest absolute Gasteiger partial charge is 0.326 e. The molecule has 0 aromatic carbocycles. The lowest BCUT2D eigenvalue weighted by atomic mass is 10.2. The maximum absolute atomic E-state index is 11.7. The standard InChI is InChI=1S/C10H16N2O4/c1-6(2)11-4-5-12(7(3)10(15)16)9(14)8(11)13/h6-7H,4-5H2,1-3H3,(H,15,16)/t7-/m0/s1. The summed E-state index contributed by atoms with van der Waals surface area (Å²) in [4.78, 5) is 36.6. The van der Waals surface area contributed by atoms with Crippen LogP contribution in [0.5, 0.6) is 0 Å². The van der Waals surface area contributed by atoms with Crippen LogP contribution in [0.3, 0.4) is 0 Å². The van der Waals surface area contributed by atoms with E-state index in [-0.39, 0.29) is 12.6 Å². The predicted octanol–water partition coefficient (Wildman–Crippen LogP) is -0.461. The topological polar surface area (TPSA) is 77.9 Å². The van der Waals surface area contributed by atoms with Crippen LogP contribution in [0.25, 0.3) is 0 Å². The maximum Gasteiger partial charge on any atom is 0.326 e. The van der Waals surface area contributed by atoms with Gasteiger partial charge in [-0.2, -0.15) is 0 Å². The zero-order valence-corrected chi connectivity index (χ0v) is 9.64. The molecule has 1 atom stereocenters. The number of amides is 2. The number of carbonyl (C=O) groups excluding carboxylic acids is 2. The Balaban J connectivity index is 2.80. The first-order chi connectivity index (χ1) is 7.36. The van der Waals surface area contributed by atoms with Gasteiger partial charge in [-0.15, -0.1) is 0 Å². The lowest BCUT2D eigenvalue weighted by molar-refractivity contribution is -0.162. The van der Waals surface area contributed by atoms with Gasteiger partial charge in [-0.05, 0) is 20.8 Å². The molecule has 1 saturated heterocycles. The first-order valence-corrected chi connectivity index (χ1v) is 5.20. The first kappa shape index (κ1) is 12.5. The van der Waals surface area contributed by atoms with Crippen molar-refractivity contribution in [1.82, 2.24) is 9.80 Å². The molecule has 1 aliphatic rings. The van der Waals surface area contributed by atoms with Crippen molar-refractivity contribution < 1.29 is 19.5 Å². The fourth-order valence-electron chi connectivity index (χ4n) is 1.66. The third-order valence-corrected chi connectivity index (χ3v) is 2.73. The van der Waals surface area contributed by atoms with Crippen LogP contribution in [0, 0.1) is 0 Å². The van der Waals surface area contributed by atoms with Gasteiger partial charge in [-0.3, -0.25) is 9.59 Å². The van der Waals surface area contributed by atoms with Crippen molar-refractivity contribution in [2.24, 2.45) is 0 Å². The second kappa shape index (κ2) is 4.51. The van der Waals surface area contributed by atoms with Crippen LogP contribution >= 0.6 is 0 Å². The van der Waals surface area contributed by atoms with E-state index in [9.17, 15) is 14.4 Å². The number of carboxylic acids is 1. The van der Waals surface area contributed by atoms with Crippen LogP contribution in [0.4, 0.5) is 0 Å². The molecule has 16 heavy (non-hydrogen) atoms. The fraction of sp³-hybridized carbons (Fsp3) is 0.700. The molecule has 0 aromatic heterocycles. The SMILES string of the molecule is CC(C)N1CCN([C@@H](C)C(=O)O)C(=O)C1=O. The van der Waals surface area contributed by atoms with Gasteiger partial charge < -0.3 is 14.9 Å². The summed E-state index contributed by atoms with van der Waals surface area (Å²) in [6, 6.07) is -0.996. The molecule has 0 radical (unpaired) electrons. The lowest BCUT2D eigenvalue weighted by Crippen LogP contribution is -2.59.